The van der Waals surface area contributed by atoms with E-state index < -0.39 is 22.9 Å². The van der Waals surface area contributed by atoms with Gasteiger partial charge >= 0.3 is 0 Å². The fraction of sp³-hybridized carbons (Fsp3) is 0.731. The third-order valence-corrected chi connectivity index (χ3v) is 7.20. The first-order valence-corrected chi connectivity index (χ1v) is 12.4. The second kappa shape index (κ2) is 13.4. The topological polar surface area (TPSA) is 92.7 Å². The first kappa shape index (κ1) is 29.5. The van der Waals surface area contributed by atoms with E-state index in [1.54, 1.807) is 27.9 Å². The van der Waals surface area contributed by atoms with Gasteiger partial charge in [-0.2, -0.15) is 0 Å². The number of allylic oxidation sites excluding steroid dienone is 1. The Labute approximate surface area is 204 Å². The highest BCUT2D eigenvalue weighted by Crippen LogP contribution is 2.45. The van der Waals surface area contributed by atoms with E-state index in [-0.39, 0.29) is 30.1 Å². The molecule has 0 saturated heterocycles. The molecule has 0 radical (unpaired) electrons. The van der Waals surface area contributed by atoms with Crippen molar-refractivity contribution in [2.24, 2.45) is 17.3 Å². The van der Waals surface area contributed by atoms with E-state index in [0.29, 0.717) is 18.4 Å². The summed E-state index contributed by atoms with van der Waals surface area (Å²) >= 11 is 6.00. The Morgan fingerprint density at radius 3 is 2.45 bits per heavy atom. The molecule has 4 atom stereocenters. The summed E-state index contributed by atoms with van der Waals surface area (Å²) in [7, 11) is 1.73. The molecular weight excluding hydrogens is 442 g/mol. The number of halogens is 1. The van der Waals surface area contributed by atoms with Crippen LogP contribution in [0.4, 0.5) is 0 Å². The van der Waals surface area contributed by atoms with Crippen LogP contribution in [0.15, 0.2) is 23.3 Å². The van der Waals surface area contributed by atoms with Crippen LogP contribution in [0.1, 0.15) is 79.6 Å². The normalized spacial score (nSPS) is 26.6. The summed E-state index contributed by atoms with van der Waals surface area (Å²) < 4.78 is 5.50. The van der Waals surface area contributed by atoms with Crippen molar-refractivity contribution in [2.45, 2.75) is 91.3 Å². The van der Waals surface area contributed by atoms with Crippen molar-refractivity contribution in [1.29, 1.82) is 0 Å². The van der Waals surface area contributed by atoms with E-state index in [2.05, 4.69) is 18.3 Å². The van der Waals surface area contributed by atoms with Crippen molar-refractivity contribution in [3.05, 3.63) is 23.3 Å². The molecule has 0 bridgehead atoms. The molecule has 0 aromatic rings. The van der Waals surface area contributed by atoms with E-state index in [9.17, 15) is 19.5 Å². The van der Waals surface area contributed by atoms with Crippen molar-refractivity contribution in [1.82, 2.24) is 5.32 Å². The van der Waals surface area contributed by atoms with Gasteiger partial charge in [0.15, 0.2) is 11.6 Å². The zero-order chi connectivity index (χ0) is 25.2. The molecule has 33 heavy (non-hydrogen) atoms. The molecule has 0 aromatic carbocycles. The molecule has 0 spiro atoms. The predicted molar refractivity (Wildman–Crippen MR) is 132 cm³/mol. The fourth-order valence-corrected chi connectivity index (χ4v) is 4.58. The van der Waals surface area contributed by atoms with Crippen LogP contribution in [0.3, 0.4) is 0 Å². The summed E-state index contributed by atoms with van der Waals surface area (Å²) in [5.41, 5.74) is -1.16. The van der Waals surface area contributed by atoms with E-state index >= 15 is 0 Å². The molecule has 1 aliphatic carbocycles. The number of amides is 1. The number of carbonyl (C=O) groups excluding carboxylic acids is 3. The first-order chi connectivity index (χ1) is 15.4. The van der Waals surface area contributed by atoms with E-state index in [4.69, 9.17) is 16.3 Å². The number of ketones is 2. The number of rotatable bonds is 13. The Kier molecular flexibility index (Phi) is 12.0. The van der Waals surface area contributed by atoms with Gasteiger partial charge in [-0.25, -0.2) is 0 Å². The van der Waals surface area contributed by atoms with E-state index in [1.807, 2.05) is 6.08 Å². The molecule has 1 aliphatic rings. The van der Waals surface area contributed by atoms with Gasteiger partial charge in [-0.15, -0.1) is 0 Å². The third-order valence-electron chi connectivity index (χ3n) is 6.92. The van der Waals surface area contributed by atoms with Gasteiger partial charge in [0.05, 0.1) is 23.0 Å². The number of methoxy groups -OCH3 is 1. The number of nitrogens with one attached hydrogen (secondary N) is 1. The van der Waals surface area contributed by atoms with Gasteiger partial charge in [-0.1, -0.05) is 56.9 Å². The predicted octanol–water partition coefficient (Wildman–Crippen LogP) is 4.73. The van der Waals surface area contributed by atoms with Crippen LogP contribution in [0.5, 0.6) is 0 Å². The van der Waals surface area contributed by atoms with Crippen LogP contribution >= 0.6 is 11.6 Å². The number of hydrogen-bond acceptors (Lipinski definition) is 5. The van der Waals surface area contributed by atoms with E-state index in [1.165, 1.54) is 25.3 Å². The molecule has 1 rings (SSSR count). The van der Waals surface area contributed by atoms with Gasteiger partial charge in [-0.05, 0) is 45.6 Å². The van der Waals surface area contributed by atoms with Crippen LogP contribution in [-0.2, 0) is 19.1 Å². The van der Waals surface area contributed by atoms with Crippen molar-refractivity contribution >= 4 is 29.1 Å². The Morgan fingerprint density at radius 1 is 1.21 bits per heavy atom. The third kappa shape index (κ3) is 7.76. The maximum Gasteiger partial charge on any atom is 0.220 e. The lowest BCUT2D eigenvalue weighted by molar-refractivity contribution is -0.164. The van der Waals surface area contributed by atoms with Gasteiger partial charge in [0, 0.05) is 31.5 Å². The quantitative estimate of drug-likeness (QED) is 0.224. The smallest absolute Gasteiger partial charge is 0.220 e. The van der Waals surface area contributed by atoms with Crippen LogP contribution in [0, 0.1) is 17.3 Å². The van der Waals surface area contributed by atoms with Crippen LogP contribution in [0.2, 0.25) is 0 Å². The molecule has 1 fully saturated rings. The highest BCUT2D eigenvalue weighted by atomic mass is 35.5. The second-order valence-electron chi connectivity index (χ2n) is 9.79. The summed E-state index contributed by atoms with van der Waals surface area (Å²) in [5.74, 6) is -2.55. The first-order valence-electron chi connectivity index (χ1n) is 12.0. The van der Waals surface area contributed by atoms with Crippen molar-refractivity contribution in [3.63, 3.8) is 0 Å². The maximum absolute atomic E-state index is 13.1. The number of Topliss-reactive ketones (excluding diaryl/α,β-unsaturated/α-hetero) is 2. The Hall–Kier alpha value is -1.50. The van der Waals surface area contributed by atoms with Crippen molar-refractivity contribution < 1.29 is 24.2 Å². The highest BCUT2D eigenvalue weighted by molar-refractivity contribution is 6.26. The fourth-order valence-electron chi connectivity index (χ4n) is 4.37. The van der Waals surface area contributed by atoms with Crippen LogP contribution < -0.4 is 5.32 Å². The average molecular weight is 484 g/mol. The van der Waals surface area contributed by atoms with Gasteiger partial charge in [-0.3, -0.25) is 14.4 Å². The largest absolute Gasteiger partial charge is 0.388 e. The number of carbonyl (C=O) groups is 3. The summed E-state index contributed by atoms with van der Waals surface area (Å²) in [6.45, 7) is 8.47. The molecule has 188 valence electrons. The molecule has 7 heteroatoms. The van der Waals surface area contributed by atoms with Gasteiger partial charge in [0.1, 0.15) is 0 Å². The molecule has 0 aliphatic heterocycles. The van der Waals surface area contributed by atoms with Gasteiger partial charge < -0.3 is 15.2 Å². The molecular formula is C26H42ClNO5. The monoisotopic (exact) mass is 483 g/mol. The minimum atomic E-state index is -1.58. The van der Waals surface area contributed by atoms with Crippen molar-refractivity contribution in [2.75, 3.05) is 13.7 Å². The lowest BCUT2D eigenvalue weighted by Crippen LogP contribution is -2.61. The molecule has 1 saturated carbocycles. The molecule has 0 aromatic heterocycles. The van der Waals surface area contributed by atoms with Gasteiger partial charge in [0.2, 0.25) is 5.91 Å². The Balaban J connectivity index is 2.60. The second-order valence-corrected chi connectivity index (χ2v) is 10.0. The Bertz CT molecular complexity index is 741. The molecule has 6 nitrogen and oxygen atoms in total. The minimum Gasteiger partial charge on any atom is -0.388 e. The van der Waals surface area contributed by atoms with E-state index in [0.717, 1.165) is 19.3 Å². The lowest BCUT2D eigenvalue weighted by atomic mass is 9.57. The molecule has 0 heterocycles. The number of aliphatic hydroxyl groups is 1. The standard InChI is InChI=1S/C26H42ClNO5/c1-7-8-10-13-20(33-6)14-11-9-12-15-21(29)28-17-19(16-27)22-24(31)25(3,4)23(30)18(2)26(22,5)32/h9,11,16,18,20,22,32H,7-8,10,12-15,17H2,1-6H3,(H,28,29)/b11-9+,19-16-/t18-,20+,22+,26-/m1/s1. The molecule has 1 amide bonds. The Morgan fingerprint density at radius 2 is 1.88 bits per heavy atom. The molecule has 2 N–H and O–H groups in total. The average Bonchev–Trinajstić information content (AvgIpc) is 2.77. The highest BCUT2D eigenvalue weighted by Gasteiger charge is 2.58. The van der Waals surface area contributed by atoms with Crippen LogP contribution in [0.25, 0.3) is 0 Å². The summed E-state index contributed by atoms with van der Waals surface area (Å²) in [5, 5.41) is 13.8. The number of hydrogen-bond donors (Lipinski definition) is 2. The number of ether oxygens (including phenoxy) is 1. The maximum atomic E-state index is 13.1. The van der Waals surface area contributed by atoms with Crippen LogP contribution in [-0.4, -0.2) is 47.9 Å². The summed E-state index contributed by atoms with van der Waals surface area (Å²) in [6.07, 6.45) is 10.5. The number of unbranched alkanes of at least 4 members (excludes halogenated alkanes) is 2. The minimum absolute atomic E-state index is 0.0404. The SMILES string of the molecule is CCCCC[C@@H](C/C=C/CCC(=O)NC/C(=C/Cl)[C@H]1C(=O)C(C)(C)C(=O)[C@@H](C)[C@@]1(C)O)OC. The summed E-state index contributed by atoms with van der Waals surface area (Å²) in [4.78, 5) is 38.0. The lowest BCUT2D eigenvalue weighted by Gasteiger charge is -2.47. The molecule has 0 unspecified atom stereocenters. The van der Waals surface area contributed by atoms with Gasteiger partial charge in [0.25, 0.3) is 0 Å². The summed E-state index contributed by atoms with van der Waals surface area (Å²) in [6, 6.07) is 0. The van der Waals surface area contributed by atoms with Crippen molar-refractivity contribution in [3.8, 4) is 0 Å². The zero-order valence-corrected chi connectivity index (χ0v) is 21.8. The zero-order valence-electron chi connectivity index (χ0n) is 21.1.